The molecular formula is C16H21N3O5. The van der Waals surface area contributed by atoms with Crippen molar-refractivity contribution in [3.63, 3.8) is 0 Å². The van der Waals surface area contributed by atoms with Crippen molar-refractivity contribution < 1.29 is 19.6 Å². The van der Waals surface area contributed by atoms with Crippen LogP contribution in [0.4, 0.5) is 11.4 Å². The summed E-state index contributed by atoms with van der Waals surface area (Å²) in [7, 11) is 3.19. The second-order valence-electron chi connectivity index (χ2n) is 5.62. The number of esters is 1. The molecule has 1 aliphatic heterocycles. The van der Waals surface area contributed by atoms with Crippen LogP contribution >= 0.6 is 0 Å². The molecule has 0 saturated carbocycles. The summed E-state index contributed by atoms with van der Waals surface area (Å²) in [4.78, 5) is 26.1. The molecule has 2 rings (SSSR count). The van der Waals surface area contributed by atoms with E-state index in [0.29, 0.717) is 30.9 Å². The van der Waals surface area contributed by atoms with E-state index < -0.39 is 10.9 Å². The van der Waals surface area contributed by atoms with E-state index in [2.05, 4.69) is 4.74 Å². The third-order valence-corrected chi connectivity index (χ3v) is 4.14. The van der Waals surface area contributed by atoms with Gasteiger partial charge in [-0.2, -0.15) is 0 Å². The predicted octanol–water partition coefficient (Wildman–Crippen LogP) is 0.894. The van der Waals surface area contributed by atoms with Gasteiger partial charge in [-0.25, -0.2) is 4.79 Å². The molecule has 0 spiro atoms. The normalized spacial score (nSPS) is 18.8. The van der Waals surface area contributed by atoms with Gasteiger partial charge in [0.05, 0.1) is 24.7 Å². The third-order valence-electron chi connectivity index (χ3n) is 4.14. The minimum Gasteiger partial charge on any atom is -0.466 e. The second kappa shape index (κ2) is 7.89. The fourth-order valence-corrected chi connectivity index (χ4v) is 2.65. The van der Waals surface area contributed by atoms with Gasteiger partial charge < -0.3 is 14.7 Å². The van der Waals surface area contributed by atoms with E-state index in [-0.39, 0.29) is 18.3 Å². The molecule has 0 aromatic heterocycles. The number of carbonyl (C=O) groups excluding carboxylic acids is 1. The highest BCUT2D eigenvalue weighted by Crippen LogP contribution is 2.31. The summed E-state index contributed by atoms with van der Waals surface area (Å²) in [5.41, 5.74) is 1.04. The molecule has 0 bridgehead atoms. The molecule has 1 aliphatic rings. The molecule has 1 N–H and O–H groups in total. The van der Waals surface area contributed by atoms with Crippen LogP contribution in [-0.4, -0.2) is 67.3 Å². The Morgan fingerprint density at radius 3 is 2.88 bits per heavy atom. The van der Waals surface area contributed by atoms with Crippen molar-refractivity contribution in [2.45, 2.75) is 6.04 Å². The number of rotatable bonds is 5. The highest BCUT2D eigenvalue weighted by Gasteiger charge is 2.28. The highest BCUT2D eigenvalue weighted by atomic mass is 16.6. The fraction of sp³-hybridized carbons (Fsp3) is 0.438. The number of anilines is 1. The van der Waals surface area contributed by atoms with E-state index in [1.165, 1.54) is 25.3 Å². The molecule has 1 fully saturated rings. The topological polar surface area (TPSA) is 96.2 Å². The van der Waals surface area contributed by atoms with E-state index in [1.54, 1.807) is 12.1 Å². The lowest BCUT2D eigenvalue weighted by Gasteiger charge is -2.39. The number of hydrogen-bond donors (Lipinski definition) is 1. The second-order valence-corrected chi connectivity index (χ2v) is 5.62. The monoisotopic (exact) mass is 335 g/mol. The Bertz CT molecular complexity index is 647. The Balaban J connectivity index is 2.28. The Morgan fingerprint density at radius 2 is 2.25 bits per heavy atom. The molecule has 1 atom stereocenters. The summed E-state index contributed by atoms with van der Waals surface area (Å²) in [5.74, 6) is -0.522. The van der Waals surface area contributed by atoms with Gasteiger partial charge in [-0.15, -0.1) is 0 Å². The number of nitro benzene ring substituents is 1. The molecule has 0 aliphatic carbocycles. The standard InChI is InChI=1S/C16H21N3O5/c1-17-7-8-18(10-13(17)11-20)14-5-3-12(4-6-16(21)24-2)9-15(14)19(22)23/h3-6,9,13,20H,7-8,10-11H2,1-2H3/b6-4+. The van der Waals surface area contributed by atoms with E-state index >= 15 is 0 Å². The summed E-state index contributed by atoms with van der Waals surface area (Å²) in [6.45, 7) is 1.88. The van der Waals surface area contributed by atoms with Gasteiger partial charge in [-0.1, -0.05) is 6.07 Å². The maximum atomic E-state index is 11.4. The number of aliphatic hydroxyl groups excluding tert-OH is 1. The highest BCUT2D eigenvalue weighted by molar-refractivity contribution is 5.87. The van der Waals surface area contributed by atoms with Crippen LogP contribution in [0.25, 0.3) is 6.08 Å². The number of nitrogens with zero attached hydrogens (tertiary/aromatic N) is 3. The van der Waals surface area contributed by atoms with E-state index in [9.17, 15) is 20.0 Å². The molecule has 1 saturated heterocycles. The van der Waals surface area contributed by atoms with Gasteiger partial charge in [0.1, 0.15) is 5.69 Å². The third kappa shape index (κ3) is 4.09. The number of carbonyl (C=O) groups is 1. The molecule has 8 nitrogen and oxygen atoms in total. The van der Waals surface area contributed by atoms with Crippen molar-refractivity contribution in [3.05, 3.63) is 40.0 Å². The number of ether oxygens (including phenoxy) is 1. The van der Waals surface area contributed by atoms with Gasteiger partial charge in [0.25, 0.3) is 5.69 Å². The van der Waals surface area contributed by atoms with Crippen molar-refractivity contribution in [1.82, 2.24) is 4.90 Å². The van der Waals surface area contributed by atoms with E-state index in [1.807, 2.05) is 16.8 Å². The van der Waals surface area contributed by atoms with Crippen LogP contribution in [0.2, 0.25) is 0 Å². The van der Waals surface area contributed by atoms with Crippen molar-refractivity contribution in [1.29, 1.82) is 0 Å². The van der Waals surface area contributed by atoms with Crippen LogP contribution in [0.15, 0.2) is 24.3 Å². The predicted molar refractivity (Wildman–Crippen MR) is 89.9 cm³/mol. The van der Waals surface area contributed by atoms with Gasteiger partial charge in [-0.3, -0.25) is 15.0 Å². The van der Waals surface area contributed by atoms with Crippen LogP contribution in [-0.2, 0) is 9.53 Å². The molecule has 1 heterocycles. The first kappa shape index (κ1) is 17.9. The summed E-state index contributed by atoms with van der Waals surface area (Å²) in [6.07, 6.45) is 2.69. The molecule has 130 valence electrons. The molecule has 0 amide bonds. The van der Waals surface area contributed by atoms with Crippen molar-refractivity contribution >= 4 is 23.4 Å². The number of benzene rings is 1. The molecule has 1 aromatic carbocycles. The van der Waals surface area contributed by atoms with Gasteiger partial charge in [0.2, 0.25) is 0 Å². The zero-order valence-corrected chi connectivity index (χ0v) is 13.7. The maximum Gasteiger partial charge on any atom is 0.330 e. The number of methoxy groups -OCH3 is 1. The van der Waals surface area contributed by atoms with Gasteiger partial charge in [0.15, 0.2) is 0 Å². The first-order chi connectivity index (χ1) is 11.5. The van der Waals surface area contributed by atoms with Crippen LogP contribution in [0.5, 0.6) is 0 Å². The summed E-state index contributed by atoms with van der Waals surface area (Å²) in [6, 6.07) is 4.77. The van der Waals surface area contributed by atoms with E-state index in [0.717, 1.165) is 0 Å². The van der Waals surface area contributed by atoms with E-state index in [4.69, 9.17) is 0 Å². The smallest absolute Gasteiger partial charge is 0.330 e. The zero-order valence-electron chi connectivity index (χ0n) is 13.7. The summed E-state index contributed by atoms with van der Waals surface area (Å²) < 4.78 is 4.51. The average Bonchev–Trinajstić information content (AvgIpc) is 2.59. The van der Waals surface area contributed by atoms with Crippen molar-refractivity contribution in [3.8, 4) is 0 Å². The lowest BCUT2D eigenvalue weighted by atomic mass is 10.1. The molecule has 8 heteroatoms. The lowest BCUT2D eigenvalue weighted by Crippen LogP contribution is -2.53. The summed E-state index contributed by atoms with van der Waals surface area (Å²) in [5, 5.41) is 20.9. The minimum atomic E-state index is -0.522. The fourth-order valence-electron chi connectivity index (χ4n) is 2.65. The molecule has 1 aromatic rings. The Hall–Kier alpha value is -2.45. The van der Waals surface area contributed by atoms with Crippen molar-refractivity contribution in [2.24, 2.45) is 0 Å². The first-order valence-corrected chi connectivity index (χ1v) is 7.56. The number of aliphatic hydroxyl groups is 1. The maximum absolute atomic E-state index is 11.4. The zero-order chi connectivity index (χ0) is 17.7. The largest absolute Gasteiger partial charge is 0.466 e. The number of nitro groups is 1. The average molecular weight is 335 g/mol. The van der Waals surface area contributed by atoms with Crippen LogP contribution in [0.3, 0.4) is 0 Å². The molecular weight excluding hydrogens is 314 g/mol. The molecule has 24 heavy (non-hydrogen) atoms. The van der Waals surface area contributed by atoms with Crippen LogP contribution < -0.4 is 4.90 Å². The number of likely N-dealkylation sites (N-methyl/N-ethyl adjacent to an activating group) is 1. The van der Waals surface area contributed by atoms with Crippen LogP contribution in [0.1, 0.15) is 5.56 Å². The van der Waals surface area contributed by atoms with Gasteiger partial charge in [-0.05, 0) is 24.8 Å². The lowest BCUT2D eigenvalue weighted by molar-refractivity contribution is -0.384. The quantitative estimate of drug-likeness (QED) is 0.369. The minimum absolute atomic E-state index is 0.000742. The molecule has 0 radical (unpaired) electrons. The van der Waals surface area contributed by atoms with Gasteiger partial charge >= 0.3 is 5.97 Å². The van der Waals surface area contributed by atoms with Gasteiger partial charge in [0, 0.05) is 31.8 Å². The number of hydrogen-bond acceptors (Lipinski definition) is 7. The van der Waals surface area contributed by atoms with Crippen LogP contribution in [0, 0.1) is 10.1 Å². The Morgan fingerprint density at radius 1 is 1.50 bits per heavy atom. The number of piperazine rings is 1. The molecule has 1 unspecified atom stereocenters. The summed E-state index contributed by atoms with van der Waals surface area (Å²) >= 11 is 0. The Kier molecular flexibility index (Phi) is 5.88. The Labute approximate surface area is 140 Å². The first-order valence-electron chi connectivity index (χ1n) is 7.56. The van der Waals surface area contributed by atoms with Crippen molar-refractivity contribution in [2.75, 3.05) is 45.3 Å². The SMILES string of the molecule is COC(=O)/C=C/c1ccc(N2CCN(C)C(CO)C2)c([N+](=O)[O-])c1.